The van der Waals surface area contributed by atoms with Crippen molar-refractivity contribution in [2.75, 3.05) is 20.2 Å². The van der Waals surface area contributed by atoms with Crippen molar-refractivity contribution in [3.8, 4) is 5.75 Å². The molecule has 1 aliphatic rings. The first-order chi connectivity index (χ1) is 9.11. The SMILES string of the molecule is COc1cc(C)cc(C)c1C(N)CC1CCCNC1. The Balaban J connectivity index is 2.15. The third kappa shape index (κ3) is 3.48. The van der Waals surface area contributed by atoms with E-state index in [4.69, 9.17) is 10.5 Å². The normalized spacial score (nSPS) is 21.2. The molecule has 1 aromatic carbocycles. The van der Waals surface area contributed by atoms with E-state index in [2.05, 4.69) is 31.3 Å². The summed E-state index contributed by atoms with van der Waals surface area (Å²) in [5, 5.41) is 3.46. The summed E-state index contributed by atoms with van der Waals surface area (Å²) >= 11 is 0. The minimum absolute atomic E-state index is 0.0699. The molecule has 1 fully saturated rings. The number of aryl methyl sites for hydroxylation is 2. The zero-order chi connectivity index (χ0) is 13.8. The highest BCUT2D eigenvalue weighted by Gasteiger charge is 2.21. The van der Waals surface area contributed by atoms with E-state index in [1.165, 1.54) is 29.5 Å². The van der Waals surface area contributed by atoms with Crippen LogP contribution in [0.1, 0.15) is 42.0 Å². The summed E-state index contributed by atoms with van der Waals surface area (Å²) in [6.45, 7) is 6.47. The maximum Gasteiger partial charge on any atom is 0.124 e. The van der Waals surface area contributed by atoms with Crippen LogP contribution in [-0.2, 0) is 0 Å². The van der Waals surface area contributed by atoms with Gasteiger partial charge in [0.15, 0.2) is 0 Å². The second kappa shape index (κ2) is 6.40. The second-order valence-corrected chi connectivity index (χ2v) is 5.75. The predicted molar refractivity (Wildman–Crippen MR) is 79.6 cm³/mol. The number of rotatable bonds is 4. The van der Waals surface area contributed by atoms with E-state index in [0.29, 0.717) is 5.92 Å². The van der Waals surface area contributed by atoms with Gasteiger partial charge in [0.05, 0.1) is 7.11 Å². The van der Waals surface area contributed by atoms with Gasteiger partial charge in [0, 0.05) is 11.6 Å². The number of hydrogen-bond donors (Lipinski definition) is 2. The van der Waals surface area contributed by atoms with Crippen LogP contribution in [0.2, 0.25) is 0 Å². The highest BCUT2D eigenvalue weighted by atomic mass is 16.5. The van der Waals surface area contributed by atoms with Gasteiger partial charge in [0.1, 0.15) is 5.75 Å². The molecule has 0 saturated carbocycles. The van der Waals surface area contributed by atoms with Gasteiger partial charge >= 0.3 is 0 Å². The number of piperidine rings is 1. The summed E-state index contributed by atoms with van der Waals surface area (Å²) in [5.74, 6) is 1.63. The summed E-state index contributed by atoms with van der Waals surface area (Å²) in [5.41, 5.74) is 10.1. The van der Waals surface area contributed by atoms with Gasteiger partial charge in [0.2, 0.25) is 0 Å². The molecule has 1 aromatic rings. The van der Waals surface area contributed by atoms with Crippen LogP contribution in [0.4, 0.5) is 0 Å². The van der Waals surface area contributed by atoms with Gasteiger partial charge in [-0.25, -0.2) is 0 Å². The van der Waals surface area contributed by atoms with Gasteiger partial charge < -0.3 is 15.8 Å². The van der Waals surface area contributed by atoms with Crippen molar-refractivity contribution in [1.29, 1.82) is 0 Å². The standard InChI is InChI=1S/C16H26N2O/c1-11-7-12(2)16(15(8-11)19-3)14(17)9-13-5-4-6-18-10-13/h7-8,13-14,18H,4-6,9-10,17H2,1-3H3. The van der Waals surface area contributed by atoms with Crippen molar-refractivity contribution in [3.63, 3.8) is 0 Å². The summed E-state index contributed by atoms with van der Waals surface area (Å²) in [7, 11) is 1.73. The largest absolute Gasteiger partial charge is 0.496 e. The molecule has 1 aliphatic heterocycles. The Hall–Kier alpha value is -1.06. The molecule has 0 spiro atoms. The van der Waals surface area contributed by atoms with Gasteiger partial charge in [-0.15, -0.1) is 0 Å². The molecule has 3 heteroatoms. The molecule has 0 aliphatic carbocycles. The van der Waals surface area contributed by atoms with Crippen LogP contribution in [0.15, 0.2) is 12.1 Å². The lowest BCUT2D eigenvalue weighted by Gasteiger charge is -2.27. The maximum atomic E-state index is 6.45. The zero-order valence-corrected chi connectivity index (χ0v) is 12.3. The van der Waals surface area contributed by atoms with Gasteiger partial charge in [-0.1, -0.05) is 6.07 Å². The zero-order valence-electron chi connectivity index (χ0n) is 12.3. The Bertz CT molecular complexity index is 425. The fourth-order valence-electron chi connectivity index (χ4n) is 3.19. The highest BCUT2D eigenvalue weighted by molar-refractivity contribution is 5.44. The third-order valence-electron chi connectivity index (χ3n) is 4.07. The highest BCUT2D eigenvalue weighted by Crippen LogP contribution is 2.33. The van der Waals surface area contributed by atoms with Gasteiger partial charge in [-0.05, 0) is 69.3 Å². The van der Waals surface area contributed by atoms with Crippen molar-refractivity contribution in [2.24, 2.45) is 11.7 Å². The van der Waals surface area contributed by atoms with Crippen LogP contribution in [0, 0.1) is 19.8 Å². The van der Waals surface area contributed by atoms with E-state index in [-0.39, 0.29) is 6.04 Å². The van der Waals surface area contributed by atoms with Gasteiger partial charge in [-0.2, -0.15) is 0 Å². The van der Waals surface area contributed by atoms with Crippen molar-refractivity contribution >= 4 is 0 Å². The van der Waals surface area contributed by atoms with Crippen molar-refractivity contribution < 1.29 is 4.74 Å². The Kier molecular flexibility index (Phi) is 4.83. The van der Waals surface area contributed by atoms with E-state index in [0.717, 1.165) is 25.3 Å². The lowest BCUT2D eigenvalue weighted by molar-refractivity contribution is 0.331. The molecule has 0 bridgehead atoms. The molecular formula is C16H26N2O. The van der Waals surface area contributed by atoms with Crippen molar-refractivity contribution in [1.82, 2.24) is 5.32 Å². The van der Waals surface area contributed by atoms with Crippen molar-refractivity contribution in [2.45, 2.75) is 39.2 Å². The first-order valence-electron chi connectivity index (χ1n) is 7.23. The first-order valence-corrected chi connectivity index (χ1v) is 7.23. The van der Waals surface area contributed by atoms with Crippen LogP contribution in [0.3, 0.4) is 0 Å². The minimum Gasteiger partial charge on any atom is -0.496 e. The third-order valence-corrected chi connectivity index (χ3v) is 4.07. The number of ether oxygens (including phenoxy) is 1. The Morgan fingerprint density at radius 1 is 1.42 bits per heavy atom. The quantitative estimate of drug-likeness (QED) is 0.877. The monoisotopic (exact) mass is 262 g/mol. The minimum atomic E-state index is 0.0699. The molecular weight excluding hydrogens is 236 g/mol. The second-order valence-electron chi connectivity index (χ2n) is 5.75. The molecule has 2 rings (SSSR count). The van der Waals surface area contributed by atoms with Crippen LogP contribution >= 0.6 is 0 Å². The Labute approximate surface area is 116 Å². The molecule has 2 unspecified atom stereocenters. The van der Waals surface area contributed by atoms with Crippen LogP contribution < -0.4 is 15.8 Å². The molecule has 0 amide bonds. The number of nitrogens with two attached hydrogens (primary N) is 1. The van der Waals surface area contributed by atoms with E-state index in [9.17, 15) is 0 Å². The molecule has 1 heterocycles. The number of hydrogen-bond acceptors (Lipinski definition) is 3. The van der Waals surface area contributed by atoms with E-state index < -0.39 is 0 Å². The van der Waals surface area contributed by atoms with Crippen molar-refractivity contribution in [3.05, 3.63) is 28.8 Å². The number of methoxy groups -OCH3 is 1. The van der Waals surface area contributed by atoms with Crippen LogP contribution in [-0.4, -0.2) is 20.2 Å². The summed E-state index contributed by atoms with van der Waals surface area (Å²) in [6, 6.07) is 4.35. The Morgan fingerprint density at radius 3 is 2.84 bits per heavy atom. The van der Waals surface area contributed by atoms with Gasteiger partial charge in [-0.3, -0.25) is 0 Å². The van der Waals surface area contributed by atoms with Crippen LogP contribution in [0.5, 0.6) is 5.75 Å². The van der Waals surface area contributed by atoms with Gasteiger partial charge in [0.25, 0.3) is 0 Å². The topological polar surface area (TPSA) is 47.3 Å². The summed E-state index contributed by atoms with van der Waals surface area (Å²) < 4.78 is 5.52. The molecule has 0 aromatic heterocycles. The molecule has 3 nitrogen and oxygen atoms in total. The average Bonchev–Trinajstić information content (AvgIpc) is 2.38. The van der Waals surface area contributed by atoms with E-state index >= 15 is 0 Å². The summed E-state index contributed by atoms with van der Waals surface area (Å²) in [6.07, 6.45) is 3.59. The fraction of sp³-hybridized carbons (Fsp3) is 0.625. The van der Waals surface area contributed by atoms with E-state index in [1.807, 2.05) is 0 Å². The lowest BCUT2D eigenvalue weighted by Crippen LogP contribution is -2.32. The predicted octanol–water partition coefficient (Wildman–Crippen LogP) is 2.70. The Morgan fingerprint density at radius 2 is 2.21 bits per heavy atom. The molecule has 1 saturated heterocycles. The number of benzene rings is 1. The molecule has 106 valence electrons. The average molecular weight is 262 g/mol. The molecule has 19 heavy (non-hydrogen) atoms. The number of nitrogens with one attached hydrogen (secondary N) is 1. The van der Waals surface area contributed by atoms with Crippen LogP contribution in [0.25, 0.3) is 0 Å². The molecule has 3 N–H and O–H groups in total. The fourth-order valence-corrected chi connectivity index (χ4v) is 3.19. The van der Waals surface area contributed by atoms with E-state index in [1.54, 1.807) is 7.11 Å². The lowest BCUT2D eigenvalue weighted by atomic mass is 9.87. The molecule has 0 radical (unpaired) electrons. The first kappa shape index (κ1) is 14.4. The molecule has 2 atom stereocenters. The maximum absolute atomic E-state index is 6.45. The summed E-state index contributed by atoms with van der Waals surface area (Å²) in [4.78, 5) is 0. The smallest absolute Gasteiger partial charge is 0.124 e.